The van der Waals surface area contributed by atoms with Crippen LogP contribution in [0.1, 0.15) is 17.2 Å². The fraction of sp³-hybridized carbons (Fsp3) is 0.200. The third kappa shape index (κ3) is 2.93. The van der Waals surface area contributed by atoms with E-state index in [0.717, 1.165) is 5.56 Å². The van der Waals surface area contributed by atoms with Crippen molar-refractivity contribution in [3.05, 3.63) is 71.3 Å². The number of likely N-dealkylation sites (N-methyl/N-ethyl adjacent to an activating group) is 1. The van der Waals surface area contributed by atoms with E-state index >= 15 is 0 Å². The fourth-order valence-corrected chi connectivity index (χ4v) is 2.02. The summed E-state index contributed by atoms with van der Waals surface area (Å²) in [5.74, 6) is -0.510. The minimum Gasteiger partial charge on any atom is -0.313 e. The van der Waals surface area contributed by atoms with Gasteiger partial charge in [0.25, 0.3) is 0 Å². The summed E-state index contributed by atoms with van der Waals surface area (Å²) in [6.45, 7) is 0. The molecule has 0 bridgehead atoms. The smallest absolute Gasteiger partial charge is 0.127 e. The highest BCUT2D eigenvalue weighted by Gasteiger charge is 2.14. The molecule has 0 amide bonds. The van der Waals surface area contributed by atoms with Gasteiger partial charge in [-0.25, -0.2) is 8.78 Å². The Morgan fingerprint density at radius 3 is 2.50 bits per heavy atom. The van der Waals surface area contributed by atoms with Crippen molar-refractivity contribution >= 4 is 0 Å². The standard InChI is InChI=1S/C15H15F2N/c1-18-15(13-7-2-3-8-14(13)17)10-11-5-4-6-12(16)9-11/h2-9,15,18H,10H2,1H3. The molecule has 1 unspecified atom stereocenters. The van der Waals surface area contributed by atoms with Crippen LogP contribution >= 0.6 is 0 Å². The SMILES string of the molecule is CNC(Cc1cccc(F)c1)c1ccccc1F. The Balaban J connectivity index is 2.23. The number of nitrogens with one attached hydrogen (secondary N) is 1. The van der Waals surface area contributed by atoms with Gasteiger partial charge in [0.2, 0.25) is 0 Å². The predicted molar refractivity (Wildman–Crippen MR) is 68.3 cm³/mol. The van der Waals surface area contributed by atoms with Crippen molar-refractivity contribution < 1.29 is 8.78 Å². The Bertz CT molecular complexity index is 525. The summed E-state index contributed by atoms with van der Waals surface area (Å²) < 4.78 is 26.8. The summed E-state index contributed by atoms with van der Waals surface area (Å²) in [5, 5.41) is 3.06. The van der Waals surface area contributed by atoms with Crippen LogP contribution < -0.4 is 5.32 Å². The van der Waals surface area contributed by atoms with Crippen molar-refractivity contribution in [1.29, 1.82) is 0 Å². The molecule has 0 saturated carbocycles. The lowest BCUT2D eigenvalue weighted by molar-refractivity contribution is 0.532. The molecule has 18 heavy (non-hydrogen) atoms. The molecule has 0 aliphatic heterocycles. The summed E-state index contributed by atoms with van der Waals surface area (Å²) in [6.07, 6.45) is 0.551. The second-order valence-electron chi connectivity index (χ2n) is 4.20. The fourth-order valence-electron chi connectivity index (χ4n) is 2.02. The predicted octanol–water partition coefficient (Wildman–Crippen LogP) is 3.47. The molecule has 2 aromatic rings. The lowest BCUT2D eigenvalue weighted by Gasteiger charge is -2.17. The maximum atomic E-state index is 13.7. The van der Waals surface area contributed by atoms with E-state index in [1.165, 1.54) is 18.2 Å². The zero-order valence-electron chi connectivity index (χ0n) is 10.2. The molecular formula is C15H15F2N. The molecule has 2 rings (SSSR count). The highest BCUT2D eigenvalue weighted by Crippen LogP contribution is 2.21. The van der Waals surface area contributed by atoms with Gasteiger partial charge in [0.1, 0.15) is 11.6 Å². The normalized spacial score (nSPS) is 12.4. The zero-order valence-corrected chi connectivity index (χ0v) is 10.2. The van der Waals surface area contributed by atoms with E-state index in [-0.39, 0.29) is 17.7 Å². The van der Waals surface area contributed by atoms with Crippen molar-refractivity contribution in [2.45, 2.75) is 12.5 Å². The average molecular weight is 247 g/mol. The molecule has 0 heterocycles. The summed E-state index contributed by atoms with van der Waals surface area (Å²) in [5.41, 5.74) is 1.45. The van der Waals surface area contributed by atoms with Crippen molar-refractivity contribution in [3.63, 3.8) is 0 Å². The quantitative estimate of drug-likeness (QED) is 0.872. The van der Waals surface area contributed by atoms with E-state index in [1.54, 1.807) is 31.3 Å². The van der Waals surface area contributed by atoms with Crippen LogP contribution in [0, 0.1) is 11.6 Å². The van der Waals surface area contributed by atoms with Crippen LogP contribution in [0.2, 0.25) is 0 Å². The molecule has 1 atom stereocenters. The molecule has 1 nitrogen and oxygen atoms in total. The molecule has 0 radical (unpaired) electrons. The van der Waals surface area contributed by atoms with Crippen LogP contribution in [0.15, 0.2) is 48.5 Å². The molecule has 0 fully saturated rings. The first-order valence-electron chi connectivity index (χ1n) is 5.87. The summed E-state index contributed by atoms with van der Waals surface area (Å²) in [7, 11) is 1.77. The van der Waals surface area contributed by atoms with Crippen LogP contribution in [-0.4, -0.2) is 7.05 Å². The van der Waals surface area contributed by atoms with Gasteiger partial charge in [-0.2, -0.15) is 0 Å². The summed E-state index contributed by atoms with van der Waals surface area (Å²) in [4.78, 5) is 0. The van der Waals surface area contributed by atoms with Gasteiger partial charge in [-0.3, -0.25) is 0 Å². The number of hydrogen-bond donors (Lipinski definition) is 1. The maximum Gasteiger partial charge on any atom is 0.127 e. The largest absolute Gasteiger partial charge is 0.313 e. The first-order chi connectivity index (χ1) is 8.70. The Morgan fingerprint density at radius 2 is 1.83 bits per heavy atom. The monoisotopic (exact) mass is 247 g/mol. The molecular weight excluding hydrogens is 232 g/mol. The summed E-state index contributed by atoms with van der Waals surface area (Å²) in [6, 6.07) is 12.9. The lowest BCUT2D eigenvalue weighted by Crippen LogP contribution is -2.20. The van der Waals surface area contributed by atoms with E-state index in [1.807, 2.05) is 6.07 Å². The highest BCUT2D eigenvalue weighted by atomic mass is 19.1. The molecule has 2 aromatic carbocycles. The molecule has 3 heteroatoms. The third-order valence-electron chi connectivity index (χ3n) is 2.96. The van der Waals surface area contributed by atoms with E-state index < -0.39 is 0 Å². The second-order valence-corrected chi connectivity index (χ2v) is 4.20. The van der Waals surface area contributed by atoms with Crippen molar-refractivity contribution in [2.24, 2.45) is 0 Å². The first-order valence-corrected chi connectivity index (χ1v) is 5.87. The van der Waals surface area contributed by atoms with Crippen LogP contribution in [-0.2, 0) is 6.42 Å². The van der Waals surface area contributed by atoms with Crippen molar-refractivity contribution in [2.75, 3.05) is 7.05 Å². The number of rotatable bonds is 4. The molecule has 0 aliphatic carbocycles. The van der Waals surface area contributed by atoms with E-state index in [9.17, 15) is 8.78 Å². The number of benzene rings is 2. The van der Waals surface area contributed by atoms with E-state index in [2.05, 4.69) is 5.32 Å². The Kier molecular flexibility index (Phi) is 4.05. The van der Waals surface area contributed by atoms with Gasteiger partial charge in [0, 0.05) is 11.6 Å². The Labute approximate surface area is 105 Å². The maximum absolute atomic E-state index is 13.7. The number of hydrogen-bond acceptors (Lipinski definition) is 1. The van der Waals surface area contributed by atoms with Crippen LogP contribution in [0.3, 0.4) is 0 Å². The second kappa shape index (κ2) is 5.74. The van der Waals surface area contributed by atoms with Gasteiger partial charge in [-0.1, -0.05) is 30.3 Å². The van der Waals surface area contributed by atoms with Gasteiger partial charge in [0.15, 0.2) is 0 Å². The van der Waals surface area contributed by atoms with Gasteiger partial charge >= 0.3 is 0 Å². The average Bonchev–Trinajstić information content (AvgIpc) is 2.37. The Morgan fingerprint density at radius 1 is 1.06 bits per heavy atom. The Hall–Kier alpha value is -1.74. The molecule has 0 spiro atoms. The van der Waals surface area contributed by atoms with E-state index in [4.69, 9.17) is 0 Å². The van der Waals surface area contributed by atoms with Crippen molar-refractivity contribution in [1.82, 2.24) is 5.32 Å². The van der Waals surface area contributed by atoms with Crippen LogP contribution in [0.5, 0.6) is 0 Å². The molecule has 0 aliphatic rings. The van der Waals surface area contributed by atoms with Gasteiger partial charge in [-0.15, -0.1) is 0 Å². The molecule has 1 N–H and O–H groups in total. The number of halogens is 2. The zero-order chi connectivity index (χ0) is 13.0. The molecule has 0 aromatic heterocycles. The minimum atomic E-state index is -0.268. The first kappa shape index (κ1) is 12.7. The lowest BCUT2D eigenvalue weighted by atomic mass is 9.98. The van der Waals surface area contributed by atoms with Crippen LogP contribution in [0.4, 0.5) is 8.78 Å². The summed E-state index contributed by atoms with van der Waals surface area (Å²) >= 11 is 0. The minimum absolute atomic E-state index is 0.159. The highest BCUT2D eigenvalue weighted by molar-refractivity contribution is 5.25. The van der Waals surface area contributed by atoms with Crippen LogP contribution in [0.25, 0.3) is 0 Å². The van der Waals surface area contributed by atoms with Crippen molar-refractivity contribution in [3.8, 4) is 0 Å². The van der Waals surface area contributed by atoms with Gasteiger partial charge in [0.05, 0.1) is 0 Å². The third-order valence-corrected chi connectivity index (χ3v) is 2.96. The molecule has 0 saturated heterocycles. The molecule has 94 valence electrons. The van der Waals surface area contributed by atoms with Gasteiger partial charge < -0.3 is 5.32 Å². The van der Waals surface area contributed by atoms with E-state index in [0.29, 0.717) is 12.0 Å². The topological polar surface area (TPSA) is 12.0 Å². The van der Waals surface area contributed by atoms with Gasteiger partial charge in [-0.05, 0) is 37.2 Å².